The summed E-state index contributed by atoms with van der Waals surface area (Å²) in [7, 11) is 1.63. The van der Waals surface area contributed by atoms with Crippen LogP contribution in [0.15, 0.2) is 22.7 Å². The number of benzene rings is 1. The van der Waals surface area contributed by atoms with Crippen LogP contribution in [0.5, 0.6) is 5.75 Å². The van der Waals surface area contributed by atoms with E-state index in [1.165, 1.54) is 0 Å². The Labute approximate surface area is 122 Å². The van der Waals surface area contributed by atoms with Crippen LogP contribution >= 0.6 is 15.9 Å². The fourth-order valence-electron chi connectivity index (χ4n) is 1.51. The quantitative estimate of drug-likeness (QED) is 0.919. The first-order chi connectivity index (χ1) is 8.80. The number of amides is 1. The Morgan fingerprint density at radius 1 is 1.32 bits per heavy atom. The molecule has 0 aliphatic rings. The van der Waals surface area contributed by atoms with Crippen LogP contribution in [0.3, 0.4) is 0 Å². The van der Waals surface area contributed by atoms with Crippen molar-refractivity contribution in [1.29, 1.82) is 0 Å². The van der Waals surface area contributed by atoms with Gasteiger partial charge in [0.15, 0.2) is 0 Å². The molecule has 19 heavy (non-hydrogen) atoms. The molecule has 0 radical (unpaired) electrons. The molecule has 1 rings (SSSR count). The molecule has 0 aromatic heterocycles. The lowest BCUT2D eigenvalue weighted by Crippen LogP contribution is -2.33. The number of hydrogen-bond acceptors (Lipinski definition) is 3. The summed E-state index contributed by atoms with van der Waals surface area (Å²) < 4.78 is 11.3. The molecule has 106 valence electrons. The molecule has 1 aromatic rings. The van der Waals surface area contributed by atoms with Gasteiger partial charge in [0.1, 0.15) is 11.4 Å². The fourth-order valence-corrected chi connectivity index (χ4v) is 2.03. The van der Waals surface area contributed by atoms with Crippen molar-refractivity contribution in [3.8, 4) is 5.75 Å². The summed E-state index contributed by atoms with van der Waals surface area (Å²) in [6, 6.07) is 5.84. The van der Waals surface area contributed by atoms with Crippen LogP contribution in [0.1, 0.15) is 26.3 Å². The van der Waals surface area contributed by atoms with Gasteiger partial charge in [0, 0.05) is 11.0 Å². The van der Waals surface area contributed by atoms with E-state index in [9.17, 15) is 4.79 Å². The van der Waals surface area contributed by atoms with Crippen LogP contribution < -0.4 is 10.1 Å². The summed E-state index contributed by atoms with van der Waals surface area (Å²) in [6.07, 6.45) is 0.323. The minimum absolute atomic E-state index is 0.394. The van der Waals surface area contributed by atoms with Gasteiger partial charge in [0.05, 0.1) is 7.11 Å². The molecule has 1 aromatic carbocycles. The van der Waals surface area contributed by atoms with Crippen LogP contribution in [0, 0.1) is 0 Å². The molecule has 0 atom stereocenters. The molecule has 0 heterocycles. The Balaban J connectivity index is 2.45. The molecule has 0 spiro atoms. The summed E-state index contributed by atoms with van der Waals surface area (Å²) >= 11 is 3.42. The number of rotatable bonds is 4. The number of hydrogen-bond donors (Lipinski definition) is 1. The third kappa shape index (κ3) is 6.47. The van der Waals surface area contributed by atoms with Crippen LogP contribution in [0.25, 0.3) is 0 Å². The Morgan fingerprint density at radius 2 is 2.00 bits per heavy atom. The van der Waals surface area contributed by atoms with E-state index >= 15 is 0 Å². The smallest absolute Gasteiger partial charge is 0.407 e. The SMILES string of the molecule is COc1cc(Br)cc(CCNC(=O)OC(C)(C)C)c1. The monoisotopic (exact) mass is 329 g/mol. The molecule has 4 nitrogen and oxygen atoms in total. The van der Waals surface area contributed by atoms with Gasteiger partial charge in [-0.05, 0) is 51.0 Å². The van der Waals surface area contributed by atoms with Crippen LogP contribution in [0.2, 0.25) is 0 Å². The van der Waals surface area contributed by atoms with Gasteiger partial charge in [0.2, 0.25) is 0 Å². The molecule has 1 amide bonds. The number of carbonyl (C=O) groups is 1. The normalized spacial score (nSPS) is 11.0. The van der Waals surface area contributed by atoms with Crippen molar-refractivity contribution in [3.63, 3.8) is 0 Å². The summed E-state index contributed by atoms with van der Waals surface area (Å²) in [4.78, 5) is 11.5. The summed E-state index contributed by atoms with van der Waals surface area (Å²) in [5, 5.41) is 2.73. The number of methoxy groups -OCH3 is 1. The van der Waals surface area contributed by atoms with Crippen molar-refractivity contribution in [2.45, 2.75) is 32.8 Å². The zero-order valence-corrected chi connectivity index (χ0v) is 13.3. The molecular formula is C14H20BrNO3. The third-order valence-corrected chi connectivity index (χ3v) is 2.71. The molecule has 1 N–H and O–H groups in total. The maximum Gasteiger partial charge on any atom is 0.407 e. The van der Waals surface area contributed by atoms with Gasteiger partial charge in [-0.15, -0.1) is 0 Å². The van der Waals surface area contributed by atoms with Gasteiger partial charge in [-0.1, -0.05) is 15.9 Å². The predicted molar refractivity (Wildman–Crippen MR) is 78.6 cm³/mol. The second-order valence-corrected chi connectivity index (χ2v) is 6.09. The molecule has 0 unspecified atom stereocenters. The maximum absolute atomic E-state index is 11.5. The highest BCUT2D eigenvalue weighted by molar-refractivity contribution is 9.10. The van der Waals surface area contributed by atoms with E-state index in [1.54, 1.807) is 7.11 Å². The fraction of sp³-hybridized carbons (Fsp3) is 0.500. The number of nitrogens with one attached hydrogen (secondary N) is 1. The van der Waals surface area contributed by atoms with Crippen molar-refractivity contribution < 1.29 is 14.3 Å². The van der Waals surface area contributed by atoms with Gasteiger partial charge in [-0.25, -0.2) is 4.79 Å². The molecule has 5 heteroatoms. The zero-order chi connectivity index (χ0) is 14.5. The Hall–Kier alpha value is -1.23. The Kier molecular flexibility index (Phi) is 5.66. The van der Waals surface area contributed by atoms with E-state index in [-0.39, 0.29) is 0 Å². The minimum atomic E-state index is -0.469. The Morgan fingerprint density at radius 3 is 2.58 bits per heavy atom. The summed E-state index contributed by atoms with van der Waals surface area (Å²) in [5.74, 6) is 0.793. The van der Waals surface area contributed by atoms with Gasteiger partial charge in [-0.3, -0.25) is 0 Å². The van der Waals surface area contributed by atoms with E-state index in [2.05, 4.69) is 21.2 Å². The van der Waals surface area contributed by atoms with Crippen LogP contribution in [-0.2, 0) is 11.2 Å². The standard InChI is InChI=1S/C14H20BrNO3/c1-14(2,3)19-13(17)16-6-5-10-7-11(15)9-12(8-10)18-4/h7-9H,5-6H2,1-4H3,(H,16,17). The van der Waals surface area contributed by atoms with E-state index in [4.69, 9.17) is 9.47 Å². The summed E-state index contributed by atoms with van der Waals surface area (Å²) in [6.45, 7) is 6.04. The first kappa shape index (κ1) is 15.8. The van der Waals surface area contributed by atoms with Crippen LogP contribution in [0.4, 0.5) is 4.79 Å². The highest BCUT2D eigenvalue weighted by atomic mass is 79.9. The van der Waals surface area contributed by atoms with Crippen molar-refractivity contribution in [2.75, 3.05) is 13.7 Å². The van der Waals surface area contributed by atoms with Gasteiger partial charge < -0.3 is 14.8 Å². The van der Waals surface area contributed by atoms with Gasteiger partial charge >= 0.3 is 6.09 Å². The lowest BCUT2D eigenvalue weighted by Gasteiger charge is -2.19. The van der Waals surface area contributed by atoms with E-state index in [1.807, 2.05) is 39.0 Å². The second kappa shape index (κ2) is 6.80. The number of alkyl carbamates (subject to hydrolysis) is 1. The number of carbonyl (C=O) groups excluding carboxylic acids is 1. The largest absolute Gasteiger partial charge is 0.497 e. The van der Waals surface area contributed by atoms with Gasteiger partial charge in [-0.2, -0.15) is 0 Å². The highest BCUT2D eigenvalue weighted by Crippen LogP contribution is 2.21. The van der Waals surface area contributed by atoms with Gasteiger partial charge in [0.25, 0.3) is 0 Å². The molecule has 0 saturated carbocycles. The van der Waals surface area contributed by atoms with E-state index < -0.39 is 11.7 Å². The average Bonchev–Trinajstić information content (AvgIpc) is 2.25. The van der Waals surface area contributed by atoms with Crippen molar-refractivity contribution in [1.82, 2.24) is 5.32 Å². The number of halogens is 1. The van der Waals surface area contributed by atoms with E-state index in [0.29, 0.717) is 6.54 Å². The third-order valence-electron chi connectivity index (χ3n) is 2.25. The highest BCUT2D eigenvalue weighted by Gasteiger charge is 2.15. The maximum atomic E-state index is 11.5. The topological polar surface area (TPSA) is 47.6 Å². The van der Waals surface area contributed by atoms with Crippen molar-refractivity contribution in [3.05, 3.63) is 28.2 Å². The van der Waals surface area contributed by atoms with E-state index in [0.717, 1.165) is 22.2 Å². The molecule has 0 saturated heterocycles. The average molecular weight is 330 g/mol. The first-order valence-corrected chi connectivity index (χ1v) is 6.90. The molecule has 0 fully saturated rings. The molecule has 0 bridgehead atoms. The lowest BCUT2D eigenvalue weighted by molar-refractivity contribution is 0.0528. The predicted octanol–water partition coefficient (Wildman–Crippen LogP) is 3.52. The lowest BCUT2D eigenvalue weighted by atomic mass is 10.1. The minimum Gasteiger partial charge on any atom is -0.497 e. The second-order valence-electron chi connectivity index (χ2n) is 5.18. The molecular weight excluding hydrogens is 310 g/mol. The van der Waals surface area contributed by atoms with Crippen molar-refractivity contribution >= 4 is 22.0 Å². The summed E-state index contributed by atoms with van der Waals surface area (Å²) in [5.41, 5.74) is 0.616. The molecule has 0 aliphatic heterocycles. The number of ether oxygens (including phenoxy) is 2. The first-order valence-electron chi connectivity index (χ1n) is 6.10. The van der Waals surface area contributed by atoms with Crippen molar-refractivity contribution in [2.24, 2.45) is 0 Å². The molecule has 0 aliphatic carbocycles. The Bertz CT molecular complexity index is 441. The zero-order valence-electron chi connectivity index (χ0n) is 11.7. The van der Waals surface area contributed by atoms with Crippen LogP contribution in [-0.4, -0.2) is 25.3 Å².